The molecule has 0 aromatic heterocycles. The second kappa shape index (κ2) is 8.06. The minimum absolute atomic E-state index is 0.0270. The normalized spacial score (nSPS) is 12.6. The molecule has 0 unspecified atom stereocenters. The summed E-state index contributed by atoms with van der Waals surface area (Å²) >= 11 is 0. The zero-order valence-electron chi connectivity index (χ0n) is 14.0. The summed E-state index contributed by atoms with van der Waals surface area (Å²) in [5.74, 6) is 0. The van der Waals surface area contributed by atoms with Gasteiger partial charge in [0.25, 0.3) is 0 Å². The second-order valence-corrected chi connectivity index (χ2v) is 6.00. The highest BCUT2D eigenvalue weighted by Crippen LogP contribution is 2.29. The molecule has 0 radical (unpaired) electrons. The van der Waals surface area contributed by atoms with E-state index in [2.05, 4.69) is 23.0 Å². The smallest absolute Gasteiger partial charge is 0.321 e. The average molecular weight is 356 g/mol. The Morgan fingerprint density at radius 1 is 0.731 bits per heavy atom. The largest absolute Gasteiger partial charge is 0.416 e. The Bertz CT molecular complexity index is 800. The monoisotopic (exact) mass is 356 g/mol. The van der Waals surface area contributed by atoms with E-state index in [1.54, 1.807) is 0 Å². The first-order valence-corrected chi connectivity index (χ1v) is 8.30. The van der Waals surface area contributed by atoms with Gasteiger partial charge in [0.2, 0.25) is 0 Å². The van der Waals surface area contributed by atoms with Gasteiger partial charge in [-0.15, -0.1) is 0 Å². The fourth-order valence-corrected chi connectivity index (χ4v) is 2.70. The van der Waals surface area contributed by atoms with E-state index in [4.69, 9.17) is 0 Å². The highest BCUT2D eigenvalue weighted by atomic mass is 19.4. The van der Waals surface area contributed by atoms with Crippen molar-refractivity contribution in [1.29, 1.82) is 0 Å². The van der Waals surface area contributed by atoms with Gasteiger partial charge < -0.3 is 5.43 Å². The molecule has 0 aliphatic heterocycles. The summed E-state index contributed by atoms with van der Waals surface area (Å²) in [5, 5.41) is 0. The van der Waals surface area contributed by atoms with E-state index in [1.807, 2.05) is 48.5 Å². The predicted octanol–water partition coefficient (Wildman–Crippen LogP) is 5.61. The van der Waals surface area contributed by atoms with Gasteiger partial charge in [-0.25, -0.2) is 5.43 Å². The summed E-state index contributed by atoms with van der Waals surface area (Å²) in [7, 11) is 0. The number of rotatable bonds is 6. The van der Waals surface area contributed by atoms with Crippen molar-refractivity contribution < 1.29 is 13.2 Å². The van der Waals surface area contributed by atoms with Crippen LogP contribution in [0.25, 0.3) is 0 Å². The van der Waals surface area contributed by atoms with Crippen LogP contribution in [0, 0.1) is 0 Å². The van der Waals surface area contributed by atoms with Crippen LogP contribution >= 0.6 is 0 Å². The Kier molecular flexibility index (Phi) is 5.58. The molecule has 5 heteroatoms. The molecule has 0 aliphatic carbocycles. The van der Waals surface area contributed by atoms with Crippen molar-refractivity contribution in [3.63, 3.8) is 0 Å². The van der Waals surface area contributed by atoms with Crippen molar-refractivity contribution in [2.24, 2.45) is 0 Å². The van der Waals surface area contributed by atoms with Gasteiger partial charge in [0.1, 0.15) is 0 Å². The fourth-order valence-electron chi connectivity index (χ4n) is 2.70. The van der Waals surface area contributed by atoms with Gasteiger partial charge in [0.15, 0.2) is 0 Å². The molecule has 0 spiro atoms. The molecule has 0 bridgehead atoms. The van der Waals surface area contributed by atoms with E-state index < -0.39 is 11.7 Å². The Morgan fingerprint density at radius 3 is 1.88 bits per heavy atom. The van der Waals surface area contributed by atoms with Crippen molar-refractivity contribution in [2.45, 2.75) is 18.6 Å². The number of alkyl halides is 3. The summed E-state index contributed by atoms with van der Waals surface area (Å²) in [5.41, 5.74) is 8.43. The van der Waals surface area contributed by atoms with Crippen LogP contribution in [0.3, 0.4) is 0 Å². The predicted molar refractivity (Wildman–Crippen MR) is 97.5 cm³/mol. The number of hydrogen-bond donors (Lipinski definition) is 2. The van der Waals surface area contributed by atoms with Gasteiger partial charge in [-0.3, -0.25) is 0 Å². The van der Waals surface area contributed by atoms with Gasteiger partial charge in [-0.05, 0) is 41.8 Å². The van der Waals surface area contributed by atoms with Gasteiger partial charge >= 0.3 is 6.18 Å². The van der Waals surface area contributed by atoms with Crippen molar-refractivity contribution in [2.75, 3.05) is 5.43 Å². The minimum atomic E-state index is -4.33. The molecule has 1 atom stereocenters. The molecule has 2 N–H and O–H groups in total. The third-order valence-corrected chi connectivity index (χ3v) is 4.09. The highest BCUT2D eigenvalue weighted by Gasteiger charge is 2.29. The lowest BCUT2D eigenvalue weighted by atomic mass is 9.99. The average Bonchev–Trinajstić information content (AvgIpc) is 2.66. The molecule has 3 aromatic carbocycles. The van der Waals surface area contributed by atoms with Gasteiger partial charge in [-0.2, -0.15) is 13.2 Å². The highest BCUT2D eigenvalue weighted by molar-refractivity contribution is 5.44. The van der Waals surface area contributed by atoms with Crippen LogP contribution < -0.4 is 10.9 Å². The van der Waals surface area contributed by atoms with Crippen LogP contribution in [-0.2, 0) is 12.6 Å². The van der Waals surface area contributed by atoms with Crippen molar-refractivity contribution >= 4 is 5.69 Å². The lowest BCUT2D eigenvalue weighted by Crippen LogP contribution is -2.29. The number of halogens is 3. The van der Waals surface area contributed by atoms with Crippen LogP contribution in [0.15, 0.2) is 84.9 Å². The van der Waals surface area contributed by atoms with Crippen LogP contribution in [0.4, 0.5) is 18.9 Å². The minimum Gasteiger partial charge on any atom is -0.321 e. The number of anilines is 1. The molecule has 0 heterocycles. The summed E-state index contributed by atoms with van der Waals surface area (Å²) in [6.45, 7) is 0. The van der Waals surface area contributed by atoms with Gasteiger partial charge in [-0.1, -0.05) is 60.7 Å². The Balaban J connectivity index is 1.72. The molecule has 26 heavy (non-hydrogen) atoms. The lowest BCUT2D eigenvalue weighted by Gasteiger charge is -2.21. The van der Waals surface area contributed by atoms with E-state index in [1.165, 1.54) is 17.7 Å². The standard InChI is InChI=1S/C21H19F3N2/c22-21(23,24)18-11-13-19(14-12-18)25-26-20(17-9-5-2-6-10-17)15-16-7-3-1-4-8-16/h1-14,20,25-26H,15H2/t20-/m0/s1. The third kappa shape index (κ3) is 4.86. The van der Waals surface area contributed by atoms with Gasteiger partial charge in [0.05, 0.1) is 11.6 Å². The van der Waals surface area contributed by atoms with Crippen LogP contribution in [0.1, 0.15) is 22.7 Å². The Morgan fingerprint density at radius 2 is 1.31 bits per heavy atom. The number of benzene rings is 3. The lowest BCUT2D eigenvalue weighted by molar-refractivity contribution is -0.137. The molecule has 3 rings (SSSR count). The van der Waals surface area contributed by atoms with Crippen molar-refractivity contribution in [1.82, 2.24) is 5.43 Å². The molecule has 3 aromatic rings. The Hall–Kier alpha value is -2.79. The van der Waals surface area contributed by atoms with E-state index in [-0.39, 0.29) is 6.04 Å². The maximum Gasteiger partial charge on any atom is 0.416 e. The number of hydrogen-bond acceptors (Lipinski definition) is 2. The van der Waals surface area contributed by atoms with E-state index in [0.717, 1.165) is 24.1 Å². The molecular weight excluding hydrogens is 337 g/mol. The number of nitrogens with one attached hydrogen (secondary N) is 2. The SMILES string of the molecule is FC(F)(F)c1ccc(NN[C@@H](Cc2ccccc2)c2ccccc2)cc1. The molecule has 0 amide bonds. The molecular formula is C21H19F3N2. The molecule has 0 fully saturated rings. The summed E-state index contributed by atoms with van der Waals surface area (Å²) in [6, 6.07) is 24.9. The molecule has 134 valence electrons. The summed E-state index contributed by atoms with van der Waals surface area (Å²) < 4.78 is 38.0. The van der Waals surface area contributed by atoms with E-state index in [9.17, 15) is 13.2 Å². The van der Waals surface area contributed by atoms with Crippen molar-refractivity contribution in [3.05, 3.63) is 102 Å². The maximum absolute atomic E-state index is 12.7. The molecule has 0 aliphatic rings. The zero-order valence-corrected chi connectivity index (χ0v) is 14.0. The molecule has 0 saturated carbocycles. The van der Waals surface area contributed by atoms with Crippen LogP contribution in [-0.4, -0.2) is 0 Å². The van der Waals surface area contributed by atoms with Crippen molar-refractivity contribution in [3.8, 4) is 0 Å². The Labute approximate surface area is 150 Å². The maximum atomic E-state index is 12.7. The first-order chi connectivity index (χ1) is 12.5. The molecule has 0 saturated heterocycles. The number of hydrazine groups is 1. The second-order valence-electron chi connectivity index (χ2n) is 6.00. The van der Waals surface area contributed by atoms with Gasteiger partial charge in [0, 0.05) is 5.69 Å². The molecule has 2 nitrogen and oxygen atoms in total. The van der Waals surface area contributed by atoms with Crippen LogP contribution in [0.5, 0.6) is 0 Å². The van der Waals surface area contributed by atoms with Crippen LogP contribution in [0.2, 0.25) is 0 Å². The summed E-state index contributed by atoms with van der Waals surface area (Å²) in [6.07, 6.45) is -3.58. The van der Waals surface area contributed by atoms with E-state index >= 15 is 0 Å². The van der Waals surface area contributed by atoms with E-state index in [0.29, 0.717) is 5.69 Å². The first-order valence-electron chi connectivity index (χ1n) is 8.30. The quantitative estimate of drug-likeness (QED) is 0.561. The zero-order chi connectivity index (χ0) is 18.4. The topological polar surface area (TPSA) is 24.1 Å². The summed E-state index contributed by atoms with van der Waals surface area (Å²) in [4.78, 5) is 0. The fraction of sp³-hybridized carbons (Fsp3) is 0.143. The first kappa shape index (κ1) is 18.0. The third-order valence-electron chi connectivity index (χ3n) is 4.09.